The Bertz CT molecular complexity index is 245. The molecule has 1 aromatic rings. The fourth-order valence-corrected chi connectivity index (χ4v) is 0.915. The van der Waals surface area contributed by atoms with Gasteiger partial charge < -0.3 is 15.0 Å². The second-order valence-corrected chi connectivity index (χ2v) is 2.72. The molecular weight excluding hydrogens is 172 g/mol. The highest BCUT2D eigenvalue weighted by atomic mass is 16.3. The van der Waals surface area contributed by atoms with Gasteiger partial charge in [-0.2, -0.15) is 0 Å². The molecule has 0 aromatic carbocycles. The summed E-state index contributed by atoms with van der Waals surface area (Å²) < 4.78 is 3.90. The van der Waals surface area contributed by atoms with Gasteiger partial charge in [0.05, 0.1) is 13.2 Å². The van der Waals surface area contributed by atoms with Gasteiger partial charge in [-0.05, 0) is 6.92 Å². The fourth-order valence-electron chi connectivity index (χ4n) is 0.915. The van der Waals surface area contributed by atoms with Crippen LogP contribution in [0.3, 0.4) is 0 Å². The molecule has 1 unspecified atom stereocenters. The van der Waals surface area contributed by atoms with Gasteiger partial charge in [0.15, 0.2) is 0 Å². The molecule has 0 fully saturated rings. The highest BCUT2D eigenvalue weighted by Crippen LogP contribution is 1.81. The van der Waals surface area contributed by atoms with Crippen molar-refractivity contribution in [1.29, 1.82) is 0 Å². The van der Waals surface area contributed by atoms with Crippen LogP contribution in [-0.2, 0) is 18.4 Å². The van der Waals surface area contributed by atoms with Crippen molar-refractivity contribution in [1.82, 2.24) is 4.57 Å². The van der Waals surface area contributed by atoms with E-state index in [0.29, 0.717) is 6.54 Å². The Hall–Kier alpha value is -1.36. The first-order chi connectivity index (χ1) is 6.10. The van der Waals surface area contributed by atoms with Gasteiger partial charge in [0.2, 0.25) is 6.33 Å². The average Bonchev–Trinajstić information content (AvgIpc) is 2.35. The van der Waals surface area contributed by atoms with Crippen LogP contribution >= 0.6 is 0 Å². The van der Waals surface area contributed by atoms with E-state index in [-0.39, 0.29) is 6.10 Å². The van der Waals surface area contributed by atoms with Crippen molar-refractivity contribution in [3.63, 3.8) is 0 Å². The molecule has 1 aromatic heterocycles. The number of hydrogen-bond donors (Lipinski definition) is 1. The summed E-state index contributed by atoms with van der Waals surface area (Å²) in [5.41, 5.74) is 0. The lowest BCUT2D eigenvalue weighted by Gasteiger charge is -1.97. The smallest absolute Gasteiger partial charge is 0.243 e. The Labute approximate surface area is 76.9 Å². The summed E-state index contributed by atoms with van der Waals surface area (Å²) in [5.74, 6) is 0. The van der Waals surface area contributed by atoms with Crippen LogP contribution in [0.25, 0.3) is 0 Å². The van der Waals surface area contributed by atoms with E-state index in [1.54, 1.807) is 6.92 Å². The lowest BCUT2D eigenvalue weighted by atomic mass is 10.4. The van der Waals surface area contributed by atoms with Crippen LogP contribution < -0.4 is 9.67 Å². The number of carbonyl (C=O) groups excluding carboxylic acids is 1. The number of carboxylic acid groups (broad SMARTS) is 1. The molecule has 1 heterocycles. The number of aliphatic hydroxyl groups excluding tert-OH is 1. The van der Waals surface area contributed by atoms with E-state index in [4.69, 9.17) is 15.0 Å². The molecule has 5 nitrogen and oxygen atoms in total. The fraction of sp³-hybridized carbons (Fsp3) is 0.500. The molecule has 1 atom stereocenters. The normalized spacial score (nSPS) is 11.3. The summed E-state index contributed by atoms with van der Waals surface area (Å²) in [6.07, 6.45) is 5.55. The van der Waals surface area contributed by atoms with E-state index >= 15 is 0 Å². The van der Waals surface area contributed by atoms with Crippen molar-refractivity contribution < 1.29 is 19.6 Å². The van der Waals surface area contributed by atoms with Crippen molar-refractivity contribution >= 4 is 6.47 Å². The number of aryl methyl sites for hydroxylation is 1. The van der Waals surface area contributed by atoms with E-state index in [2.05, 4.69) is 0 Å². The summed E-state index contributed by atoms with van der Waals surface area (Å²) in [4.78, 5) is 8.25. The van der Waals surface area contributed by atoms with Gasteiger partial charge in [-0.25, -0.2) is 9.13 Å². The van der Waals surface area contributed by atoms with Crippen molar-refractivity contribution in [2.45, 2.75) is 19.6 Å². The lowest BCUT2D eigenvalue weighted by molar-refractivity contribution is -0.702. The number of nitrogens with zero attached hydrogens (tertiary/aromatic N) is 2. The van der Waals surface area contributed by atoms with E-state index < -0.39 is 6.47 Å². The van der Waals surface area contributed by atoms with Gasteiger partial charge in [0, 0.05) is 6.47 Å². The summed E-state index contributed by atoms with van der Waals surface area (Å²) >= 11 is 0. The van der Waals surface area contributed by atoms with Crippen LogP contribution in [0.5, 0.6) is 0 Å². The Kier molecular flexibility index (Phi) is 5.54. The molecule has 0 spiro atoms. The topological polar surface area (TPSA) is 69.2 Å². The molecule has 0 saturated heterocycles. The minimum Gasteiger partial charge on any atom is -0.554 e. The first kappa shape index (κ1) is 11.6. The number of rotatable bonds is 2. The van der Waals surface area contributed by atoms with Gasteiger partial charge in [-0.1, -0.05) is 0 Å². The zero-order valence-corrected chi connectivity index (χ0v) is 7.75. The molecule has 0 bridgehead atoms. The van der Waals surface area contributed by atoms with Crippen LogP contribution in [0.15, 0.2) is 18.7 Å². The Morgan fingerprint density at radius 2 is 2.31 bits per heavy atom. The minimum absolute atomic E-state index is 0.271. The molecule has 0 aliphatic heterocycles. The van der Waals surface area contributed by atoms with E-state index in [1.165, 1.54) is 0 Å². The number of aromatic nitrogens is 2. The largest absolute Gasteiger partial charge is 0.554 e. The van der Waals surface area contributed by atoms with Gasteiger partial charge in [-0.3, -0.25) is 0 Å². The van der Waals surface area contributed by atoms with Gasteiger partial charge in [-0.15, -0.1) is 0 Å². The molecular formula is C8H14N2O3. The summed E-state index contributed by atoms with van der Waals surface area (Å²) in [7, 11) is 1.96. The maximum absolute atomic E-state index is 8.98. The molecule has 0 saturated carbocycles. The first-order valence-corrected chi connectivity index (χ1v) is 3.84. The van der Waals surface area contributed by atoms with Crippen molar-refractivity contribution in [3.05, 3.63) is 18.7 Å². The first-order valence-electron chi connectivity index (χ1n) is 3.84. The van der Waals surface area contributed by atoms with Crippen LogP contribution in [-0.4, -0.2) is 22.2 Å². The predicted molar refractivity (Wildman–Crippen MR) is 43.4 cm³/mol. The second kappa shape index (κ2) is 6.19. The minimum atomic E-state index is -0.500. The maximum Gasteiger partial charge on any atom is 0.243 e. The molecule has 0 radical (unpaired) electrons. The van der Waals surface area contributed by atoms with E-state index in [1.807, 2.05) is 34.9 Å². The maximum atomic E-state index is 8.98. The van der Waals surface area contributed by atoms with Crippen LogP contribution in [0.4, 0.5) is 0 Å². The highest BCUT2D eigenvalue weighted by molar-refractivity contribution is 5.29. The lowest BCUT2D eigenvalue weighted by Crippen LogP contribution is -2.36. The molecule has 1 N–H and O–H groups in total. The van der Waals surface area contributed by atoms with Crippen LogP contribution in [0.1, 0.15) is 6.92 Å². The molecule has 74 valence electrons. The summed E-state index contributed by atoms with van der Waals surface area (Å²) in [6, 6.07) is 0. The number of carbonyl (C=O) groups is 1. The van der Waals surface area contributed by atoms with Crippen LogP contribution in [0.2, 0.25) is 0 Å². The quantitative estimate of drug-likeness (QED) is 0.431. The number of hydrogen-bond acceptors (Lipinski definition) is 3. The summed E-state index contributed by atoms with van der Waals surface area (Å²) in [6.45, 7) is 1.95. The average molecular weight is 186 g/mol. The third-order valence-electron chi connectivity index (χ3n) is 1.30. The monoisotopic (exact) mass is 186 g/mol. The van der Waals surface area contributed by atoms with Gasteiger partial charge in [0.1, 0.15) is 18.9 Å². The zero-order valence-electron chi connectivity index (χ0n) is 7.75. The second-order valence-electron chi connectivity index (χ2n) is 2.72. The van der Waals surface area contributed by atoms with Crippen molar-refractivity contribution in [2.75, 3.05) is 0 Å². The highest BCUT2D eigenvalue weighted by Gasteiger charge is 2.02. The summed E-state index contributed by atoms with van der Waals surface area (Å²) in [5, 5.41) is 17.2. The zero-order chi connectivity index (χ0) is 10.3. The third-order valence-corrected chi connectivity index (χ3v) is 1.30. The molecule has 1 rings (SSSR count). The Morgan fingerprint density at radius 1 is 1.77 bits per heavy atom. The van der Waals surface area contributed by atoms with Gasteiger partial charge >= 0.3 is 0 Å². The third kappa shape index (κ3) is 5.86. The molecule has 5 heteroatoms. The molecule has 13 heavy (non-hydrogen) atoms. The van der Waals surface area contributed by atoms with Gasteiger partial charge in [0.25, 0.3) is 0 Å². The Balaban J connectivity index is 0.000000424. The standard InChI is InChI=1S/C7H13N2O.CH2O2/c1-7(10)5-9-4-3-8(2)6-9;2-1-3/h3-4,6-7,10H,5H2,1-2H3;1H,(H,2,3)/q+1;/p-1. The SMILES string of the molecule is CC(O)C[n+]1ccn(C)c1.O=C[O-]. The van der Waals surface area contributed by atoms with Crippen LogP contribution in [0, 0.1) is 0 Å². The van der Waals surface area contributed by atoms with Crippen molar-refractivity contribution in [2.24, 2.45) is 7.05 Å². The molecule has 0 amide bonds. The molecule has 0 aliphatic rings. The van der Waals surface area contributed by atoms with Crippen molar-refractivity contribution in [3.8, 4) is 0 Å². The van der Waals surface area contributed by atoms with E-state index in [9.17, 15) is 0 Å². The predicted octanol–water partition coefficient (Wildman–Crippen LogP) is -1.94. The number of imidazole rings is 1. The Morgan fingerprint density at radius 3 is 2.62 bits per heavy atom. The molecule has 0 aliphatic carbocycles. The number of aliphatic hydroxyl groups is 1. The van der Waals surface area contributed by atoms with E-state index in [0.717, 1.165) is 0 Å².